The first-order chi connectivity index (χ1) is 7.59. The molecule has 2 rings (SSSR count). The van der Waals surface area contributed by atoms with Crippen LogP contribution in [0, 0.1) is 11.6 Å². The number of halogens is 3. The highest BCUT2D eigenvalue weighted by Gasteiger charge is 2.23. The largest absolute Gasteiger partial charge is 0.296 e. The van der Waals surface area contributed by atoms with E-state index in [1.165, 1.54) is 12.1 Å². The Morgan fingerprint density at radius 1 is 1.44 bits per heavy atom. The average Bonchev–Trinajstić information content (AvgIpc) is 2.65. The molecule has 0 radical (unpaired) electrons. The molecule has 1 saturated heterocycles. The van der Waals surface area contributed by atoms with Crippen molar-refractivity contribution >= 4 is 15.9 Å². The molecule has 0 aromatic heterocycles. The van der Waals surface area contributed by atoms with Crippen molar-refractivity contribution in [2.24, 2.45) is 0 Å². The van der Waals surface area contributed by atoms with Gasteiger partial charge in [-0.15, -0.1) is 0 Å². The molecule has 16 heavy (non-hydrogen) atoms. The highest BCUT2D eigenvalue weighted by molar-refractivity contribution is 9.10. The molecular weight excluding hydrogens is 276 g/mol. The van der Waals surface area contributed by atoms with Gasteiger partial charge in [-0.05, 0) is 54.4 Å². The van der Waals surface area contributed by atoms with Gasteiger partial charge < -0.3 is 0 Å². The van der Waals surface area contributed by atoms with Crippen LogP contribution in [0.5, 0.6) is 0 Å². The number of likely N-dealkylation sites (tertiary alicyclic amines) is 1. The van der Waals surface area contributed by atoms with Crippen LogP contribution in [0.15, 0.2) is 16.6 Å². The maximum Gasteiger partial charge on any atom is 0.144 e. The van der Waals surface area contributed by atoms with E-state index >= 15 is 0 Å². The van der Waals surface area contributed by atoms with E-state index in [9.17, 15) is 8.78 Å². The summed E-state index contributed by atoms with van der Waals surface area (Å²) in [6, 6.07) is 3.13. The van der Waals surface area contributed by atoms with Crippen LogP contribution in [0.3, 0.4) is 0 Å². The number of benzene rings is 1. The molecule has 1 aliphatic heterocycles. The van der Waals surface area contributed by atoms with E-state index in [1.807, 2.05) is 0 Å². The Balaban J connectivity index is 2.23. The zero-order valence-electron chi connectivity index (χ0n) is 9.14. The van der Waals surface area contributed by atoms with Gasteiger partial charge in [-0.3, -0.25) is 4.90 Å². The Labute approximate surface area is 103 Å². The SMILES string of the molecule is C[C@H]1CCCN1Cc1c(F)ccc(Br)c1F. The second-order valence-electron chi connectivity index (χ2n) is 4.28. The molecule has 4 heteroatoms. The zero-order valence-corrected chi connectivity index (χ0v) is 10.7. The molecule has 1 nitrogen and oxygen atoms in total. The minimum absolute atomic E-state index is 0.170. The summed E-state index contributed by atoms with van der Waals surface area (Å²) in [6.07, 6.45) is 2.22. The van der Waals surface area contributed by atoms with Gasteiger partial charge in [0, 0.05) is 18.2 Å². The smallest absolute Gasteiger partial charge is 0.144 e. The minimum Gasteiger partial charge on any atom is -0.296 e. The lowest BCUT2D eigenvalue weighted by atomic mass is 10.1. The van der Waals surface area contributed by atoms with Crippen LogP contribution in [-0.2, 0) is 6.54 Å². The van der Waals surface area contributed by atoms with Crippen molar-refractivity contribution in [2.75, 3.05) is 6.54 Å². The van der Waals surface area contributed by atoms with Gasteiger partial charge in [0.05, 0.1) is 4.47 Å². The van der Waals surface area contributed by atoms with Crippen LogP contribution in [0.25, 0.3) is 0 Å². The van der Waals surface area contributed by atoms with Crippen LogP contribution in [0.1, 0.15) is 25.3 Å². The van der Waals surface area contributed by atoms with Gasteiger partial charge in [0.15, 0.2) is 0 Å². The molecule has 1 aliphatic rings. The Morgan fingerprint density at radius 2 is 2.19 bits per heavy atom. The van der Waals surface area contributed by atoms with Gasteiger partial charge in [-0.2, -0.15) is 0 Å². The Kier molecular flexibility index (Phi) is 3.60. The van der Waals surface area contributed by atoms with Crippen molar-refractivity contribution < 1.29 is 8.78 Å². The summed E-state index contributed by atoms with van der Waals surface area (Å²) in [5, 5.41) is 0. The van der Waals surface area contributed by atoms with Crippen LogP contribution >= 0.6 is 15.9 Å². The summed E-state index contributed by atoms with van der Waals surface area (Å²) in [5.41, 5.74) is 0.170. The quantitative estimate of drug-likeness (QED) is 0.750. The van der Waals surface area contributed by atoms with Crippen LogP contribution < -0.4 is 0 Å². The maximum absolute atomic E-state index is 13.7. The first-order valence-electron chi connectivity index (χ1n) is 5.46. The van der Waals surface area contributed by atoms with Gasteiger partial charge in [0.2, 0.25) is 0 Å². The molecule has 0 saturated carbocycles. The van der Waals surface area contributed by atoms with Gasteiger partial charge in [0.1, 0.15) is 11.6 Å². The van der Waals surface area contributed by atoms with Gasteiger partial charge in [-0.1, -0.05) is 0 Å². The summed E-state index contributed by atoms with van der Waals surface area (Å²) in [4.78, 5) is 2.12. The van der Waals surface area contributed by atoms with Crippen molar-refractivity contribution in [2.45, 2.75) is 32.4 Å². The third-order valence-electron chi connectivity index (χ3n) is 3.19. The first kappa shape index (κ1) is 12.0. The summed E-state index contributed by atoms with van der Waals surface area (Å²) in [7, 11) is 0. The topological polar surface area (TPSA) is 3.24 Å². The number of nitrogens with zero attached hydrogens (tertiary/aromatic N) is 1. The lowest BCUT2D eigenvalue weighted by molar-refractivity contribution is 0.252. The summed E-state index contributed by atoms with van der Waals surface area (Å²) < 4.78 is 27.6. The molecule has 88 valence electrons. The fourth-order valence-corrected chi connectivity index (χ4v) is 2.52. The van der Waals surface area contributed by atoms with Crippen molar-refractivity contribution in [1.29, 1.82) is 0 Å². The Hall–Kier alpha value is -0.480. The molecule has 0 N–H and O–H groups in total. The van der Waals surface area contributed by atoms with E-state index in [0.29, 0.717) is 17.1 Å². The third-order valence-corrected chi connectivity index (χ3v) is 3.80. The monoisotopic (exact) mass is 289 g/mol. The summed E-state index contributed by atoms with van der Waals surface area (Å²) in [6.45, 7) is 3.38. The van der Waals surface area contributed by atoms with Gasteiger partial charge in [0.25, 0.3) is 0 Å². The molecular formula is C12H14BrF2N. The van der Waals surface area contributed by atoms with Crippen molar-refractivity contribution in [3.05, 3.63) is 33.8 Å². The average molecular weight is 290 g/mol. The molecule has 0 spiro atoms. The van der Waals surface area contributed by atoms with Crippen LogP contribution in [0.2, 0.25) is 0 Å². The standard InChI is InChI=1S/C12H14BrF2N/c1-8-3-2-6-16(8)7-9-11(14)5-4-10(13)12(9)15/h4-5,8H,2-3,6-7H2,1H3/t8-/m0/s1. The summed E-state index contributed by atoms with van der Waals surface area (Å²) >= 11 is 3.08. The second-order valence-corrected chi connectivity index (χ2v) is 5.14. The second kappa shape index (κ2) is 4.80. The molecule has 1 aromatic rings. The van der Waals surface area contributed by atoms with E-state index in [-0.39, 0.29) is 5.56 Å². The lowest BCUT2D eigenvalue weighted by Gasteiger charge is -2.21. The van der Waals surface area contributed by atoms with E-state index in [1.54, 1.807) is 0 Å². The number of hydrogen-bond donors (Lipinski definition) is 0. The van der Waals surface area contributed by atoms with E-state index in [0.717, 1.165) is 19.4 Å². The van der Waals surface area contributed by atoms with E-state index in [4.69, 9.17) is 0 Å². The molecule has 0 aliphatic carbocycles. The Morgan fingerprint density at radius 3 is 2.81 bits per heavy atom. The Bertz CT molecular complexity index is 395. The normalized spacial score (nSPS) is 21.6. The highest BCUT2D eigenvalue weighted by atomic mass is 79.9. The predicted octanol–water partition coefficient (Wildman–Crippen LogP) is 3.71. The van der Waals surface area contributed by atoms with E-state index < -0.39 is 11.6 Å². The molecule has 1 aromatic carbocycles. The maximum atomic E-state index is 13.7. The van der Waals surface area contributed by atoms with Gasteiger partial charge in [-0.25, -0.2) is 8.78 Å². The highest BCUT2D eigenvalue weighted by Crippen LogP contribution is 2.26. The fourth-order valence-electron chi connectivity index (χ4n) is 2.14. The molecule has 0 amide bonds. The molecule has 0 unspecified atom stereocenters. The van der Waals surface area contributed by atoms with Gasteiger partial charge >= 0.3 is 0 Å². The van der Waals surface area contributed by atoms with Crippen LogP contribution in [-0.4, -0.2) is 17.5 Å². The zero-order chi connectivity index (χ0) is 11.7. The predicted molar refractivity (Wildman–Crippen MR) is 63.2 cm³/mol. The lowest BCUT2D eigenvalue weighted by Crippen LogP contribution is -2.27. The molecule has 1 fully saturated rings. The first-order valence-corrected chi connectivity index (χ1v) is 6.25. The summed E-state index contributed by atoms with van der Waals surface area (Å²) in [5.74, 6) is -0.932. The number of rotatable bonds is 2. The van der Waals surface area contributed by atoms with Crippen LogP contribution in [0.4, 0.5) is 8.78 Å². The molecule has 0 bridgehead atoms. The molecule has 1 heterocycles. The fraction of sp³-hybridized carbons (Fsp3) is 0.500. The van der Waals surface area contributed by atoms with Crippen molar-refractivity contribution in [3.8, 4) is 0 Å². The van der Waals surface area contributed by atoms with E-state index in [2.05, 4.69) is 27.8 Å². The van der Waals surface area contributed by atoms with Crippen molar-refractivity contribution in [3.63, 3.8) is 0 Å². The minimum atomic E-state index is -0.473. The number of hydrogen-bond acceptors (Lipinski definition) is 1. The molecule has 1 atom stereocenters. The third kappa shape index (κ3) is 2.28. The van der Waals surface area contributed by atoms with Crippen molar-refractivity contribution in [1.82, 2.24) is 4.90 Å².